The minimum Gasteiger partial charge on any atom is -0.454 e. The fourth-order valence-electron chi connectivity index (χ4n) is 3.80. The molecule has 5 rings (SSSR count). The summed E-state index contributed by atoms with van der Waals surface area (Å²) in [7, 11) is 0. The summed E-state index contributed by atoms with van der Waals surface area (Å²) in [5, 5.41) is 1.15. The molecule has 3 heterocycles. The number of amides is 2. The topological polar surface area (TPSA) is 60.8 Å². The van der Waals surface area contributed by atoms with Crippen LogP contribution in [0.25, 0.3) is 17.0 Å². The van der Waals surface area contributed by atoms with Crippen molar-refractivity contribution in [2.24, 2.45) is 0 Å². The van der Waals surface area contributed by atoms with Crippen LogP contribution in [-0.4, -0.2) is 27.4 Å². The molecule has 0 bridgehead atoms. The second-order valence-electron chi connectivity index (χ2n) is 7.67. The molecule has 158 valence electrons. The first kappa shape index (κ1) is 20.0. The van der Waals surface area contributed by atoms with Crippen molar-refractivity contribution < 1.29 is 19.1 Å². The average molecular weight is 455 g/mol. The van der Waals surface area contributed by atoms with E-state index in [0.717, 1.165) is 28.2 Å². The van der Waals surface area contributed by atoms with Gasteiger partial charge in [-0.15, -0.1) is 0 Å². The summed E-state index contributed by atoms with van der Waals surface area (Å²) in [5.74, 6) is 0.790. The lowest BCUT2D eigenvalue weighted by atomic mass is 10.1. The number of carbonyl (C=O) groups excluding carboxylic acids is 2. The van der Waals surface area contributed by atoms with Crippen molar-refractivity contribution in [1.29, 1.82) is 0 Å². The molecule has 31 heavy (non-hydrogen) atoms. The number of ether oxygens (including phenoxy) is 2. The fourth-order valence-corrected chi connectivity index (χ4v) is 4.84. The normalized spacial score (nSPS) is 17.0. The first-order chi connectivity index (χ1) is 14.9. The minimum absolute atomic E-state index is 0.0746. The number of imide groups is 1. The standard InChI is InChI=1S/C23H19ClN2O4S/c1-13(2)25-10-14(16-5-3-4-6-18(16)25)8-21-22(27)26(23(28)31-21)11-15-7-19-20(9-17(15)24)30-12-29-19/h3-10,13H,11-12H2,1-2H3/b21-8-. The van der Waals surface area contributed by atoms with E-state index in [4.69, 9.17) is 21.1 Å². The summed E-state index contributed by atoms with van der Waals surface area (Å²) in [4.78, 5) is 27.3. The van der Waals surface area contributed by atoms with Crippen molar-refractivity contribution in [2.75, 3.05) is 6.79 Å². The third-order valence-electron chi connectivity index (χ3n) is 5.36. The summed E-state index contributed by atoms with van der Waals surface area (Å²) >= 11 is 7.28. The summed E-state index contributed by atoms with van der Waals surface area (Å²) in [6, 6.07) is 11.7. The Hall–Kier alpha value is -2.90. The number of carbonyl (C=O) groups is 2. The van der Waals surface area contributed by atoms with Gasteiger partial charge in [-0.25, -0.2) is 0 Å². The number of hydrogen-bond donors (Lipinski definition) is 0. The van der Waals surface area contributed by atoms with E-state index < -0.39 is 0 Å². The maximum Gasteiger partial charge on any atom is 0.293 e. The number of halogens is 1. The van der Waals surface area contributed by atoms with Crippen LogP contribution < -0.4 is 9.47 Å². The maximum absolute atomic E-state index is 13.1. The van der Waals surface area contributed by atoms with Crippen molar-refractivity contribution in [2.45, 2.75) is 26.4 Å². The molecule has 6 nitrogen and oxygen atoms in total. The lowest BCUT2D eigenvalue weighted by Crippen LogP contribution is -2.27. The Bertz CT molecular complexity index is 1260. The Kier molecular flexibility index (Phi) is 4.95. The zero-order valence-electron chi connectivity index (χ0n) is 16.9. The maximum atomic E-state index is 13.1. The quantitative estimate of drug-likeness (QED) is 0.463. The summed E-state index contributed by atoms with van der Waals surface area (Å²) < 4.78 is 12.9. The molecule has 0 atom stereocenters. The minimum atomic E-state index is -0.329. The predicted molar refractivity (Wildman–Crippen MR) is 121 cm³/mol. The second-order valence-corrected chi connectivity index (χ2v) is 9.07. The Balaban J connectivity index is 1.46. The Morgan fingerprint density at radius 3 is 2.68 bits per heavy atom. The number of aromatic nitrogens is 1. The molecule has 0 spiro atoms. The highest BCUT2D eigenvalue weighted by Gasteiger charge is 2.36. The van der Waals surface area contributed by atoms with Gasteiger partial charge < -0.3 is 14.0 Å². The number of para-hydroxylation sites is 1. The molecule has 2 aliphatic rings. The van der Waals surface area contributed by atoms with Crippen LogP contribution in [0.1, 0.15) is 31.0 Å². The number of rotatable bonds is 4. The molecule has 0 radical (unpaired) electrons. The molecule has 0 aliphatic carbocycles. The lowest BCUT2D eigenvalue weighted by molar-refractivity contribution is -0.123. The first-order valence-corrected chi connectivity index (χ1v) is 11.0. The van der Waals surface area contributed by atoms with Crippen LogP contribution in [0.4, 0.5) is 4.79 Å². The smallest absolute Gasteiger partial charge is 0.293 e. The van der Waals surface area contributed by atoms with Crippen LogP contribution in [0, 0.1) is 0 Å². The molecule has 3 aromatic rings. The monoisotopic (exact) mass is 454 g/mol. The van der Waals surface area contributed by atoms with Gasteiger partial charge in [-0.2, -0.15) is 0 Å². The van der Waals surface area contributed by atoms with Crippen LogP contribution in [0.5, 0.6) is 11.5 Å². The van der Waals surface area contributed by atoms with Crippen LogP contribution in [0.2, 0.25) is 5.02 Å². The van der Waals surface area contributed by atoms with E-state index in [-0.39, 0.29) is 30.5 Å². The number of nitrogens with zero attached hydrogens (tertiary/aromatic N) is 2. The molecule has 8 heteroatoms. The SMILES string of the molecule is CC(C)n1cc(/C=C2\SC(=O)N(Cc3cc4c(cc3Cl)OCO4)C2=O)c2ccccc21. The van der Waals surface area contributed by atoms with E-state index in [1.807, 2.05) is 24.4 Å². The number of hydrogen-bond acceptors (Lipinski definition) is 5. The Morgan fingerprint density at radius 1 is 1.16 bits per heavy atom. The molecule has 0 saturated carbocycles. The fraction of sp³-hybridized carbons (Fsp3) is 0.217. The van der Waals surface area contributed by atoms with Crippen molar-refractivity contribution in [3.05, 3.63) is 63.6 Å². The summed E-state index contributed by atoms with van der Waals surface area (Å²) in [5.41, 5.74) is 2.64. The van der Waals surface area contributed by atoms with Gasteiger partial charge in [-0.1, -0.05) is 29.8 Å². The molecule has 0 N–H and O–H groups in total. The zero-order valence-corrected chi connectivity index (χ0v) is 18.5. The van der Waals surface area contributed by atoms with Gasteiger partial charge >= 0.3 is 0 Å². The van der Waals surface area contributed by atoms with Crippen LogP contribution in [-0.2, 0) is 11.3 Å². The van der Waals surface area contributed by atoms with Crippen LogP contribution in [0.15, 0.2) is 47.5 Å². The third kappa shape index (κ3) is 3.47. The molecule has 2 aromatic carbocycles. The summed E-state index contributed by atoms with van der Waals surface area (Å²) in [6.07, 6.45) is 3.82. The number of benzene rings is 2. The molecular formula is C23H19ClN2O4S. The van der Waals surface area contributed by atoms with E-state index in [2.05, 4.69) is 24.5 Å². The second kappa shape index (κ2) is 7.66. The van der Waals surface area contributed by atoms with Gasteiger partial charge in [-0.3, -0.25) is 14.5 Å². The van der Waals surface area contributed by atoms with Gasteiger partial charge in [0.05, 0.1) is 11.4 Å². The molecule has 1 fully saturated rings. The van der Waals surface area contributed by atoms with E-state index >= 15 is 0 Å². The molecule has 1 aromatic heterocycles. The van der Waals surface area contributed by atoms with Crippen LogP contribution in [0.3, 0.4) is 0 Å². The molecule has 2 aliphatic heterocycles. The van der Waals surface area contributed by atoms with Crippen molar-refractivity contribution in [3.8, 4) is 11.5 Å². The van der Waals surface area contributed by atoms with Crippen molar-refractivity contribution in [3.63, 3.8) is 0 Å². The van der Waals surface area contributed by atoms with Gasteiger partial charge in [-0.05, 0) is 49.4 Å². The Morgan fingerprint density at radius 2 is 1.90 bits per heavy atom. The van der Waals surface area contributed by atoms with Gasteiger partial charge in [0.2, 0.25) is 6.79 Å². The molecule has 0 unspecified atom stereocenters. The number of thioether (sulfide) groups is 1. The predicted octanol–water partition coefficient (Wildman–Crippen LogP) is 5.84. The zero-order chi connectivity index (χ0) is 21.7. The van der Waals surface area contributed by atoms with Gasteiger partial charge in [0.25, 0.3) is 11.1 Å². The van der Waals surface area contributed by atoms with Gasteiger partial charge in [0, 0.05) is 39.8 Å². The van der Waals surface area contributed by atoms with Crippen molar-refractivity contribution >= 4 is 51.5 Å². The third-order valence-corrected chi connectivity index (χ3v) is 6.62. The van der Waals surface area contributed by atoms with Gasteiger partial charge in [0.15, 0.2) is 11.5 Å². The molecule has 2 amide bonds. The Labute approximate surface area is 188 Å². The van der Waals surface area contributed by atoms with E-state index in [1.54, 1.807) is 18.2 Å². The van der Waals surface area contributed by atoms with E-state index in [0.29, 0.717) is 27.0 Å². The van der Waals surface area contributed by atoms with Crippen LogP contribution >= 0.6 is 23.4 Å². The highest BCUT2D eigenvalue weighted by molar-refractivity contribution is 8.18. The van der Waals surface area contributed by atoms with E-state index in [9.17, 15) is 9.59 Å². The average Bonchev–Trinajstić information content (AvgIpc) is 3.41. The highest BCUT2D eigenvalue weighted by atomic mass is 35.5. The van der Waals surface area contributed by atoms with Crippen molar-refractivity contribution in [1.82, 2.24) is 9.47 Å². The number of fused-ring (bicyclic) bond motifs is 2. The summed E-state index contributed by atoms with van der Waals surface area (Å²) in [6.45, 7) is 4.42. The molecular weight excluding hydrogens is 436 g/mol. The lowest BCUT2D eigenvalue weighted by Gasteiger charge is -2.14. The first-order valence-electron chi connectivity index (χ1n) is 9.85. The van der Waals surface area contributed by atoms with E-state index in [1.165, 1.54) is 4.90 Å². The molecule has 1 saturated heterocycles. The highest BCUT2D eigenvalue weighted by Crippen LogP contribution is 2.40. The van der Waals surface area contributed by atoms with Gasteiger partial charge in [0.1, 0.15) is 0 Å². The largest absolute Gasteiger partial charge is 0.454 e.